The normalized spacial score (nSPS) is 19.5. The Morgan fingerprint density at radius 2 is 2.22 bits per heavy atom. The highest BCUT2D eigenvalue weighted by Gasteiger charge is 2.49. The average molecular weight is 247 g/mol. The van der Waals surface area contributed by atoms with Gasteiger partial charge in [-0.15, -0.1) is 0 Å². The molecule has 0 bridgehead atoms. The van der Waals surface area contributed by atoms with Crippen molar-refractivity contribution in [3.05, 3.63) is 23.8 Å². The van der Waals surface area contributed by atoms with E-state index in [2.05, 4.69) is 5.32 Å². The van der Waals surface area contributed by atoms with E-state index in [1.807, 2.05) is 0 Å². The molecule has 1 saturated carbocycles. The summed E-state index contributed by atoms with van der Waals surface area (Å²) in [5.41, 5.74) is 0.435. The third-order valence-corrected chi connectivity index (χ3v) is 3.51. The molecule has 3 rings (SSSR count). The van der Waals surface area contributed by atoms with Crippen molar-refractivity contribution in [3.8, 4) is 5.75 Å². The number of hydrogen-bond acceptors (Lipinski definition) is 4. The molecule has 1 aromatic rings. The van der Waals surface area contributed by atoms with Gasteiger partial charge in [-0.2, -0.15) is 0 Å². The second-order valence-electron chi connectivity index (χ2n) is 4.82. The van der Waals surface area contributed by atoms with Crippen LogP contribution < -0.4 is 10.1 Å². The van der Waals surface area contributed by atoms with Gasteiger partial charge >= 0.3 is 0 Å². The molecule has 0 saturated heterocycles. The van der Waals surface area contributed by atoms with E-state index in [1.165, 1.54) is 0 Å². The van der Waals surface area contributed by atoms with E-state index in [9.17, 15) is 14.7 Å². The molecule has 1 fully saturated rings. The van der Waals surface area contributed by atoms with Gasteiger partial charge in [0, 0.05) is 5.56 Å². The number of hydrogen-bond donors (Lipinski definition) is 2. The second kappa shape index (κ2) is 3.81. The largest absolute Gasteiger partial charge is 0.482 e. The Balaban J connectivity index is 1.92. The maximum Gasteiger partial charge on any atom is 0.262 e. The van der Waals surface area contributed by atoms with Gasteiger partial charge in [0.1, 0.15) is 5.75 Å². The number of rotatable bonds is 3. The van der Waals surface area contributed by atoms with Crippen molar-refractivity contribution in [3.63, 3.8) is 0 Å². The van der Waals surface area contributed by atoms with Crippen LogP contribution in [0.2, 0.25) is 0 Å². The number of carbonyl (C=O) groups is 2. The molecule has 2 N–H and O–H groups in total. The molecule has 0 spiro atoms. The van der Waals surface area contributed by atoms with Gasteiger partial charge in [0.25, 0.3) is 5.91 Å². The van der Waals surface area contributed by atoms with E-state index in [4.69, 9.17) is 4.74 Å². The molecule has 5 heteroatoms. The van der Waals surface area contributed by atoms with Crippen molar-refractivity contribution in [2.75, 3.05) is 18.5 Å². The fraction of sp³-hybridized carbons (Fsp3) is 0.385. The van der Waals surface area contributed by atoms with Crippen LogP contribution in [0.25, 0.3) is 0 Å². The fourth-order valence-electron chi connectivity index (χ4n) is 2.14. The second-order valence-corrected chi connectivity index (χ2v) is 4.82. The maximum atomic E-state index is 12.2. The molecule has 1 aliphatic carbocycles. The number of anilines is 1. The molecule has 0 aromatic heterocycles. The summed E-state index contributed by atoms with van der Waals surface area (Å²) in [7, 11) is 0. The van der Waals surface area contributed by atoms with E-state index in [0.717, 1.165) is 12.8 Å². The summed E-state index contributed by atoms with van der Waals surface area (Å²) in [4.78, 5) is 23.4. The summed E-state index contributed by atoms with van der Waals surface area (Å²) in [6.45, 7) is -0.118. The molecule has 5 nitrogen and oxygen atoms in total. The smallest absolute Gasteiger partial charge is 0.262 e. The summed E-state index contributed by atoms with van der Waals surface area (Å²) in [5.74, 6) is 0.281. The Bertz CT molecular complexity index is 534. The first-order chi connectivity index (χ1) is 8.64. The Morgan fingerprint density at radius 3 is 2.89 bits per heavy atom. The van der Waals surface area contributed by atoms with Crippen LogP contribution >= 0.6 is 0 Å². The van der Waals surface area contributed by atoms with Gasteiger partial charge < -0.3 is 15.2 Å². The summed E-state index contributed by atoms with van der Waals surface area (Å²) < 4.78 is 5.23. The van der Waals surface area contributed by atoms with Gasteiger partial charge in [-0.05, 0) is 31.0 Å². The zero-order chi connectivity index (χ0) is 12.8. The van der Waals surface area contributed by atoms with Crippen LogP contribution in [-0.4, -0.2) is 30.0 Å². The van der Waals surface area contributed by atoms with Gasteiger partial charge in [-0.1, -0.05) is 0 Å². The predicted octanol–water partition coefficient (Wildman–Crippen LogP) is 0.973. The number of ether oxygens (including phenoxy) is 1. The number of ketones is 1. The number of Topliss-reactive ketones (excluding diaryl/α,β-unsaturated/α-hetero) is 1. The Labute approximate surface area is 104 Å². The van der Waals surface area contributed by atoms with Crippen LogP contribution in [0.15, 0.2) is 18.2 Å². The number of aliphatic hydroxyl groups is 1. The van der Waals surface area contributed by atoms with Gasteiger partial charge in [-0.25, -0.2) is 0 Å². The summed E-state index contributed by atoms with van der Waals surface area (Å²) in [6.07, 6.45) is 1.45. The lowest BCUT2D eigenvalue weighted by atomic mass is 9.95. The minimum Gasteiger partial charge on any atom is -0.482 e. The third-order valence-electron chi connectivity index (χ3n) is 3.51. The van der Waals surface area contributed by atoms with Gasteiger partial charge in [0.2, 0.25) is 0 Å². The molecule has 1 heterocycles. The lowest BCUT2D eigenvalue weighted by molar-refractivity contribution is -0.118. The van der Waals surface area contributed by atoms with Crippen LogP contribution in [0.4, 0.5) is 5.69 Å². The lowest BCUT2D eigenvalue weighted by Crippen LogP contribution is -2.26. The minimum absolute atomic E-state index is 0.000864. The number of carbonyl (C=O) groups excluding carboxylic acids is 2. The summed E-state index contributed by atoms with van der Waals surface area (Å²) in [5, 5.41) is 11.9. The van der Waals surface area contributed by atoms with Crippen LogP contribution in [0, 0.1) is 5.41 Å². The molecule has 0 atom stereocenters. The van der Waals surface area contributed by atoms with E-state index >= 15 is 0 Å². The third kappa shape index (κ3) is 1.67. The average Bonchev–Trinajstić information content (AvgIpc) is 3.18. The molecule has 18 heavy (non-hydrogen) atoms. The highest BCUT2D eigenvalue weighted by Crippen LogP contribution is 2.48. The van der Waals surface area contributed by atoms with Crippen LogP contribution in [-0.2, 0) is 4.79 Å². The van der Waals surface area contributed by atoms with Gasteiger partial charge in [-0.3, -0.25) is 9.59 Å². The van der Waals surface area contributed by atoms with Crippen LogP contribution in [0.5, 0.6) is 5.75 Å². The fourth-order valence-corrected chi connectivity index (χ4v) is 2.14. The molecular formula is C13H13NO4. The minimum atomic E-state index is -0.590. The van der Waals surface area contributed by atoms with Crippen molar-refractivity contribution >= 4 is 17.4 Å². The number of aliphatic hydroxyl groups excluding tert-OH is 1. The van der Waals surface area contributed by atoms with Crippen molar-refractivity contribution in [1.29, 1.82) is 0 Å². The summed E-state index contributed by atoms with van der Waals surface area (Å²) in [6, 6.07) is 4.97. The van der Waals surface area contributed by atoms with E-state index in [0.29, 0.717) is 17.0 Å². The first kappa shape index (κ1) is 11.2. The standard InChI is InChI=1S/C13H13NO4/c15-7-13(3-4-13)12(17)8-1-2-10-9(5-8)14-11(16)6-18-10/h1-2,5,15H,3-4,6-7H2,(H,14,16). The highest BCUT2D eigenvalue weighted by atomic mass is 16.5. The monoisotopic (exact) mass is 247 g/mol. The van der Waals surface area contributed by atoms with Crippen LogP contribution in [0.1, 0.15) is 23.2 Å². The van der Waals surface area contributed by atoms with Gasteiger partial charge in [0.15, 0.2) is 12.4 Å². The molecule has 0 unspecified atom stereocenters. The SMILES string of the molecule is O=C1COc2ccc(C(=O)C3(CO)CC3)cc2N1. The van der Waals surface area contributed by atoms with E-state index < -0.39 is 5.41 Å². The van der Waals surface area contributed by atoms with Crippen molar-refractivity contribution in [2.45, 2.75) is 12.8 Å². The molecule has 1 amide bonds. The van der Waals surface area contributed by atoms with E-state index in [1.54, 1.807) is 18.2 Å². The molecule has 2 aliphatic rings. The molecule has 94 valence electrons. The van der Waals surface area contributed by atoms with Crippen molar-refractivity contribution < 1.29 is 19.4 Å². The van der Waals surface area contributed by atoms with Gasteiger partial charge in [0.05, 0.1) is 17.7 Å². The van der Waals surface area contributed by atoms with E-state index in [-0.39, 0.29) is 24.9 Å². The molecule has 0 radical (unpaired) electrons. The Hall–Kier alpha value is -1.88. The Kier molecular flexibility index (Phi) is 2.38. The lowest BCUT2D eigenvalue weighted by Gasteiger charge is -2.19. The first-order valence-corrected chi connectivity index (χ1v) is 5.87. The number of benzene rings is 1. The molecule has 1 aromatic carbocycles. The topological polar surface area (TPSA) is 75.6 Å². The molecular weight excluding hydrogens is 234 g/mol. The van der Waals surface area contributed by atoms with Crippen molar-refractivity contribution in [1.82, 2.24) is 0 Å². The maximum absolute atomic E-state index is 12.2. The zero-order valence-corrected chi connectivity index (χ0v) is 9.73. The predicted molar refractivity (Wildman–Crippen MR) is 63.7 cm³/mol. The van der Waals surface area contributed by atoms with Crippen molar-refractivity contribution in [2.24, 2.45) is 5.41 Å². The first-order valence-electron chi connectivity index (χ1n) is 5.87. The molecule has 1 aliphatic heterocycles. The Morgan fingerprint density at radius 1 is 1.44 bits per heavy atom. The quantitative estimate of drug-likeness (QED) is 0.780. The number of fused-ring (bicyclic) bond motifs is 1. The summed E-state index contributed by atoms with van der Waals surface area (Å²) >= 11 is 0. The number of nitrogens with one attached hydrogen (secondary N) is 1. The number of amides is 1. The van der Waals surface area contributed by atoms with Crippen LogP contribution in [0.3, 0.4) is 0 Å². The zero-order valence-electron chi connectivity index (χ0n) is 9.73. The highest BCUT2D eigenvalue weighted by molar-refractivity contribution is 6.04.